The van der Waals surface area contributed by atoms with Gasteiger partial charge in [0.25, 0.3) is 5.91 Å². The van der Waals surface area contributed by atoms with E-state index in [0.29, 0.717) is 6.54 Å². The third kappa shape index (κ3) is 2.33. The van der Waals surface area contributed by atoms with E-state index in [1.165, 1.54) is 0 Å². The first-order valence-corrected chi connectivity index (χ1v) is 5.60. The number of ether oxygens (including phenoxy) is 1. The largest absolute Gasteiger partial charge is 0.379 e. The van der Waals surface area contributed by atoms with Crippen molar-refractivity contribution in [2.75, 3.05) is 39.4 Å². The second-order valence-electron chi connectivity index (χ2n) is 4.12. The number of morpholine rings is 1. The molecule has 0 bridgehead atoms. The zero-order valence-corrected chi connectivity index (χ0v) is 9.44. The van der Waals surface area contributed by atoms with Gasteiger partial charge in [0.05, 0.1) is 13.2 Å². The first-order chi connectivity index (χ1) is 7.68. The Hall–Kier alpha value is -1.14. The Morgan fingerprint density at radius 3 is 2.56 bits per heavy atom. The van der Waals surface area contributed by atoms with E-state index >= 15 is 0 Å². The van der Waals surface area contributed by atoms with E-state index in [2.05, 4.69) is 10.2 Å². The van der Waals surface area contributed by atoms with Gasteiger partial charge in [0.15, 0.2) is 0 Å². The predicted molar refractivity (Wildman–Crippen MR) is 57.0 cm³/mol. The summed E-state index contributed by atoms with van der Waals surface area (Å²) < 4.78 is 5.24. The minimum Gasteiger partial charge on any atom is -0.379 e. The molecule has 3 amide bonds. The summed E-state index contributed by atoms with van der Waals surface area (Å²) in [6, 6.07) is -0.612. The molecule has 0 saturated carbocycles. The minimum absolute atomic E-state index is 0.202. The topological polar surface area (TPSA) is 61.9 Å². The molecule has 1 N–H and O–H groups in total. The van der Waals surface area contributed by atoms with Gasteiger partial charge in [0.1, 0.15) is 6.04 Å². The molecular formula is C10H17N3O3. The second-order valence-corrected chi connectivity index (χ2v) is 4.12. The number of urea groups is 1. The van der Waals surface area contributed by atoms with E-state index in [-0.39, 0.29) is 18.0 Å². The number of hydrogen-bond donors (Lipinski definition) is 1. The third-order valence-electron chi connectivity index (χ3n) is 3.10. The van der Waals surface area contributed by atoms with Crippen LogP contribution < -0.4 is 5.32 Å². The number of rotatable bonds is 3. The van der Waals surface area contributed by atoms with Gasteiger partial charge < -0.3 is 9.64 Å². The van der Waals surface area contributed by atoms with E-state index in [1.54, 1.807) is 11.8 Å². The Morgan fingerprint density at radius 2 is 2.00 bits per heavy atom. The summed E-state index contributed by atoms with van der Waals surface area (Å²) in [7, 11) is 0. The highest BCUT2D eigenvalue weighted by Crippen LogP contribution is 2.08. The number of carbonyl (C=O) groups excluding carboxylic acids is 2. The highest BCUT2D eigenvalue weighted by Gasteiger charge is 2.34. The van der Waals surface area contributed by atoms with Crippen molar-refractivity contribution in [1.82, 2.24) is 15.1 Å². The lowest BCUT2D eigenvalue weighted by Crippen LogP contribution is -2.43. The van der Waals surface area contributed by atoms with Gasteiger partial charge >= 0.3 is 6.03 Å². The zero-order chi connectivity index (χ0) is 11.5. The smallest absolute Gasteiger partial charge is 0.324 e. The standard InChI is InChI=1S/C10H17N3O3/c1-8-9(14)11-10(15)13(8)3-2-12-4-6-16-7-5-12/h8H,2-7H2,1H3,(H,11,14,15). The molecule has 6 nitrogen and oxygen atoms in total. The fourth-order valence-electron chi connectivity index (χ4n) is 1.97. The Bertz CT molecular complexity index is 289. The summed E-state index contributed by atoms with van der Waals surface area (Å²) >= 11 is 0. The van der Waals surface area contributed by atoms with Crippen molar-refractivity contribution in [3.63, 3.8) is 0 Å². The molecule has 0 aliphatic carbocycles. The van der Waals surface area contributed by atoms with E-state index in [9.17, 15) is 9.59 Å². The lowest BCUT2D eigenvalue weighted by atomic mass is 10.3. The van der Waals surface area contributed by atoms with Gasteiger partial charge in [-0.25, -0.2) is 4.79 Å². The Kier molecular flexibility index (Phi) is 3.40. The molecule has 0 radical (unpaired) electrons. The van der Waals surface area contributed by atoms with Crippen LogP contribution in [-0.2, 0) is 9.53 Å². The van der Waals surface area contributed by atoms with Crippen LogP contribution in [0.15, 0.2) is 0 Å². The van der Waals surface area contributed by atoms with Gasteiger partial charge in [-0.15, -0.1) is 0 Å². The molecule has 2 heterocycles. The number of carbonyl (C=O) groups is 2. The summed E-state index contributed by atoms with van der Waals surface area (Å²) in [5, 5.41) is 2.31. The van der Waals surface area contributed by atoms with E-state index in [1.807, 2.05) is 0 Å². The lowest BCUT2D eigenvalue weighted by Gasteiger charge is -2.28. The van der Waals surface area contributed by atoms with Crippen LogP contribution in [0.5, 0.6) is 0 Å². The van der Waals surface area contributed by atoms with Gasteiger partial charge in [0.2, 0.25) is 0 Å². The molecular weight excluding hydrogens is 210 g/mol. The van der Waals surface area contributed by atoms with Crippen molar-refractivity contribution in [1.29, 1.82) is 0 Å². The summed E-state index contributed by atoms with van der Waals surface area (Å²) in [5.74, 6) is -0.202. The van der Waals surface area contributed by atoms with Gasteiger partial charge in [-0.3, -0.25) is 15.0 Å². The van der Waals surface area contributed by atoms with Crippen LogP contribution in [0, 0.1) is 0 Å². The van der Waals surface area contributed by atoms with Crippen molar-refractivity contribution < 1.29 is 14.3 Å². The third-order valence-corrected chi connectivity index (χ3v) is 3.10. The van der Waals surface area contributed by atoms with E-state index in [4.69, 9.17) is 4.74 Å². The normalized spacial score (nSPS) is 27.3. The van der Waals surface area contributed by atoms with Crippen molar-refractivity contribution >= 4 is 11.9 Å². The summed E-state index contributed by atoms with van der Waals surface area (Å²) in [5.41, 5.74) is 0. The summed E-state index contributed by atoms with van der Waals surface area (Å²) in [6.07, 6.45) is 0. The fraction of sp³-hybridized carbons (Fsp3) is 0.800. The highest BCUT2D eigenvalue weighted by molar-refractivity contribution is 6.03. The van der Waals surface area contributed by atoms with Crippen molar-refractivity contribution in [2.24, 2.45) is 0 Å². The van der Waals surface area contributed by atoms with Crippen molar-refractivity contribution in [3.8, 4) is 0 Å². The molecule has 0 aromatic heterocycles. The Balaban J connectivity index is 1.80. The highest BCUT2D eigenvalue weighted by atomic mass is 16.5. The monoisotopic (exact) mass is 227 g/mol. The van der Waals surface area contributed by atoms with E-state index < -0.39 is 0 Å². The van der Waals surface area contributed by atoms with E-state index in [0.717, 1.165) is 32.8 Å². The number of nitrogens with zero attached hydrogens (tertiary/aromatic N) is 2. The summed E-state index contributed by atoms with van der Waals surface area (Å²) in [6.45, 7) is 6.45. The lowest BCUT2D eigenvalue weighted by molar-refractivity contribution is -0.121. The maximum atomic E-state index is 11.4. The molecule has 0 aromatic rings. The zero-order valence-electron chi connectivity index (χ0n) is 9.44. The average molecular weight is 227 g/mol. The Morgan fingerprint density at radius 1 is 1.31 bits per heavy atom. The molecule has 2 aliphatic rings. The first kappa shape index (κ1) is 11.3. The first-order valence-electron chi connectivity index (χ1n) is 5.60. The molecule has 2 aliphatic heterocycles. The molecule has 16 heavy (non-hydrogen) atoms. The quantitative estimate of drug-likeness (QED) is 0.645. The molecule has 90 valence electrons. The van der Waals surface area contributed by atoms with Crippen LogP contribution in [-0.4, -0.2) is 67.2 Å². The van der Waals surface area contributed by atoms with Crippen molar-refractivity contribution in [3.05, 3.63) is 0 Å². The predicted octanol–water partition coefficient (Wildman–Crippen LogP) is -0.741. The molecule has 2 fully saturated rings. The maximum absolute atomic E-state index is 11.4. The van der Waals surface area contributed by atoms with Crippen LogP contribution in [0.2, 0.25) is 0 Å². The van der Waals surface area contributed by atoms with Gasteiger partial charge in [-0.1, -0.05) is 0 Å². The molecule has 6 heteroatoms. The number of amides is 3. The number of nitrogens with one attached hydrogen (secondary N) is 1. The van der Waals surface area contributed by atoms with Gasteiger partial charge in [-0.05, 0) is 6.92 Å². The molecule has 1 atom stereocenters. The molecule has 1 unspecified atom stereocenters. The van der Waals surface area contributed by atoms with Gasteiger partial charge in [-0.2, -0.15) is 0 Å². The van der Waals surface area contributed by atoms with Crippen LogP contribution in [0.1, 0.15) is 6.92 Å². The molecule has 0 spiro atoms. The fourth-order valence-corrected chi connectivity index (χ4v) is 1.97. The SMILES string of the molecule is CC1C(=O)NC(=O)N1CCN1CCOCC1. The maximum Gasteiger partial charge on any atom is 0.324 e. The number of imide groups is 1. The van der Waals surface area contributed by atoms with Gasteiger partial charge in [0, 0.05) is 26.2 Å². The summed E-state index contributed by atoms with van der Waals surface area (Å²) in [4.78, 5) is 26.5. The van der Waals surface area contributed by atoms with Crippen LogP contribution in [0.25, 0.3) is 0 Å². The second kappa shape index (κ2) is 4.80. The van der Waals surface area contributed by atoms with Crippen LogP contribution >= 0.6 is 0 Å². The minimum atomic E-state index is -0.339. The Labute approximate surface area is 94.5 Å². The van der Waals surface area contributed by atoms with Crippen molar-refractivity contribution in [2.45, 2.75) is 13.0 Å². The van der Waals surface area contributed by atoms with Crippen LogP contribution in [0.4, 0.5) is 4.79 Å². The average Bonchev–Trinajstić information content (AvgIpc) is 2.53. The molecule has 2 rings (SSSR count). The number of hydrogen-bond acceptors (Lipinski definition) is 4. The molecule has 2 saturated heterocycles. The molecule has 0 aromatic carbocycles. The van der Waals surface area contributed by atoms with Crippen LogP contribution in [0.3, 0.4) is 0 Å².